The normalized spacial score (nSPS) is 14.2. The summed E-state index contributed by atoms with van der Waals surface area (Å²) in [4.78, 5) is 24.6. The molecule has 0 saturated carbocycles. The summed E-state index contributed by atoms with van der Waals surface area (Å²) in [5.74, 6) is 2.02. The van der Waals surface area contributed by atoms with Gasteiger partial charge in [0, 0.05) is 58.5 Å². The maximum atomic E-state index is 11.6. The molecule has 1 aromatic heterocycles. The highest BCUT2D eigenvalue weighted by Gasteiger charge is 2.18. The van der Waals surface area contributed by atoms with E-state index in [4.69, 9.17) is 0 Å². The number of rotatable bonds is 8. The molecule has 2 heterocycles. The minimum atomic E-state index is 0. The summed E-state index contributed by atoms with van der Waals surface area (Å²) >= 11 is 0. The molecule has 0 radical (unpaired) electrons. The number of pyridine rings is 1. The molecule has 0 spiro atoms. The van der Waals surface area contributed by atoms with E-state index in [1.165, 1.54) is 0 Å². The average Bonchev–Trinajstić information content (AvgIpc) is 3.01. The van der Waals surface area contributed by atoms with Crippen molar-refractivity contribution in [1.82, 2.24) is 20.5 Å². The molecule has 0 bridgehead atoms. The number of hydrogen-bond donors (Lipinski definition) is 2. The zero-order chi connectivity index (χ0) is 18.1. The topological polar surface area (TPSA) is 72.9 Å². The second kappa shape index (κ2) is 11.9. The molecule has 0 atom stereocenters. The Morgan fingerprint density at radius 1 is 1.38 bits per heavy atom. The van der Waals surface area contributed by atoms with Crippen molar-refractivity contribution in [1.29, 1.82) is 0 Å². The van der Waals surface area contributed by atoms with E-state index in [1.54, 1.807) is 6.20 Å². The monoisotopic (exact) mass is 474 g/mol. The van der Waals surface area contributed by atoms with Crippen LogP contribution < -0.4 is 15.5 Å². The molecule has 1 aliphatic heterocycles. The van der Waals surface area contributed by atoms with Crippen LogP contribution in [0.4, 0.5) is 5.82 Å². The third kappa shape index (κ3) is 6.97. The first kappa shape index (κ1) is 22.5. The maximum absolute atomic E-state index is 11.6. The second-order valence-electron chi connectivity index (χ2n) is 6.34. The van der Waals surface area contributed by atoms with Crippen molar-refractivity contribution >= 4 is 41.7 Å². The van der Waals surface area contributed by atoms with Crippen molar-refractivity contribution in [2.24, 2.45) is 4.99 Å². The third-order valence-electron chi connectivity index (χ3n) is 4.11. The lowest BCUT2D eigenvalue weighted by Gasteiger charge is -2.17. The summed E-state index contributed by atoms with van der Waals surface area (Å²) in [6.45, 7) is 5.95. The molecule has 2 N–H and O–H groups in total. The molecule has 146 valence electrons. The summed E-state index contributed by atoms with van der Waals surface area (Å²) < 4.78 is 0. The van der Waals surface area contributed by atoms with Crippen LogP contribution in [0.2, 0.25) is 0 Å². The molecule has 0 aliphatic carbocycles. The number of nitrogens with zero attached hydrogens (tertiary/aromatic N) is 4. The fourth-order valence-electron chi connectivity index (χ4n) is 2.88. The lowest BCUT2D eigenvalue weighted by molar-refractivity contribution is -0.127. The van der Waals surface area contributed by atoms with Crippen LogP contribution >= 0.6 is 24.0 Å². The summed E-state index contributed by atoms with van der Waals surface area (Å²) in [6.07, 6.45) is 4.42. The van der Waals surface area contributed by atoms with Gasteiger partial charge in [0.15, 0.2) is 5.96 Å². The smallest absolute Gasteiger partial charge is 0.222 e. The Balaban J connectivity index is 0.00000338. The number of anilines is 1. The van der Waals surface area contributed by atoms with Crippen molar-refractivity contribution in [2.75, 3.05) is 45.2 Å². The van der Waals surface area contributed by atoms with Crippen molar-refractivity contribution in [2.45, 2.75) is 32.7 Å². The first-order valence-electron chi connectivity index (χ1n) is 9.03. The molecule has 1 amide bonds. The van der Waals surface area contributed by atoms with Crippen LogP contribution in [-0.4, -0.2) is 62.0 Å². The van der Waals surface area contributed by atoms with E-state index >= 15 is 0 Å². The molecule has 8 heteroatoms. The Bertz CT molecular complexity index is 593. The molecule has 7 nitrogen and oxygen atoms in total. The standard InChI is InChI=1S/C18H30N6O.HI/c1-4-19-18(21-11-7-13-24-12-6-9-16(24)25)22-14-15-8-5-10-20-17(15)23(2)3;/h5,8,10H,4,6-7,9,11-14H2,1-3H3,(H2,19,21,22);1H. The Morgan fingerprint density at radius 2 is 2.19 bits per heavy atom. The molecule has 1 aliphatic rings. The average molecular weight is 474 g/mol. The zero-order valence-corrected chi connectivity index (χ0v) is 18.3. The van der Waals surface area contributed by atoms with Gasteiger partial charge in [0.1, 0.15) is 5.82 Å². The van der Waals surface area contributed by atoms with Gasteiger partial charge < -0.3 is 20.4 Å². The lowest BCUT2D eigenvalue weighted by atomic mass is 10.2. The van der Waals surface area contributed by atoms with Gasteiger partial charge in [-0.05, 0) is 25.8 Å². The quantitative estimate of drug-likeness (QED) is 0.261. The minimum Gasteiger partial charge on any atom is -0.362 e. The highest BCUT2D eigenvalue weighted by molar-refractivity contribution is 14.0. The van der Waals surface area contributed by atoms with Gasteiger partial charge in [-0.1, -0.05) is 6.07 Å². The van der Waals surface area contributed by atoms with Crippen LogP contribution in [0.5, 0.6) is 0 Å². The largest absolute Gasteiger partial charge is 0.362 e. The van der Waals surface area contributed by atoms with Gasteiger partial charge in [0.25, 0.3) is 0 Å². The number of aromatic nitrogens is 1. The molecule has 2 rings (SSSR count). The van der Waals surface area contributed by atoms with Gasteiger partial charge in [0.2, 0.25) is 5.91 Å². The number of guanidine groups is 1. The lowest BCUT2D eigenvalue weighted by Crippen LogP contribution is -2.39. The first-order valence-corrected chi connectivity index (χ1v) is 9.03. The van der Waals surface area contributed by atoms with E-state index in [0.717, 1.165) is 56.4 Å². The summed E-state index contributed by atoms with van der Waals surface area (Å²) in [6, 6.07) is 3.99. The fraction of sp³-hybridized carbons (Fsp3) is 0.611. The van der Waals surface area contributed by atoms with E-state index in [9.17, 15) is 4.79 Å². The summed E-state index contributed by atoms with van der Waals surface area (Å²) in [5, 5.41) is 6.61. The number of likely N-dealkylation sites (tertiary alicyclic amines) is 1. The highest BCUT2D eigenvalue weighted by atomic mass is 127. The SMILES string of the molecule is CCNC(=NCc1cccnc1N(C)C)NCCCN1CCCC1=O.I. The molecule has 1 fully saturated rings. The van der Waals surface area contributed by atoms with E-state index in [0.29, 0.717) is 13.0 Å². The Labute approximate surface area is 173 Å². The zero-order valence-electron chi connectivity index (χ0n) is 16.0. The molecule has 1 aromatic rings. The van der Waals surface area contributed by atoms with Gasteiger partial charge in [-0.2, -0.15) is 0 Å². The number of hydrogen-bond acceptors (Lipinski definition) is 4. The molecule has 0 aromatic carbocycles. The van der Waals surface area contributed by atoms with E-state index < -0.39 is 0 Å². The number of carbonyl (C=O) groups excluding carboxylic acids is 1. The number of carbonyl (C=O) groups is 1. The van der Waals surface area contributed by atoms with Crippen LogP contribution in [0.1, 0.15) is 31.7 Å². The second-order valence-corrected chi connectivity index (χ2v) is 6.34. The third-order valence-corrected chi connectivity index (χ3v) is 4.11. The Kier molecular flexibility index (Phi) is 10.3. The molecule has 26 heavy (non-hydrogen) atoms. The van der Waals surface area contributed by atoms with Crippen molar-refractivity contribution in [3.63, 3.8) is 0 Å². The molecule has 0 unspecified atom stereocenters. The van der Waals surface area contributed by atoms with Crippen LogP contribution in [0.15, 0.2) is 23.3 Å². The van der Waals surface area contributed by atoms with Crippen LogP contribution in [0.3, 0.4) is 0 Å². The van der Waals surface area contributed by atoms with Gasteiger partial charge in [-0.3, -0.25) is 4.79 Å². The van der Waals surface area contributed by atoms with Crippen LogP contribution in [0.25, 0.3) is 0 Å². The Morgan fingerprint density at radius 3 is 2.85 bits per heavy atom. The van der Waals surface area contributed by atoms with E-state index in [-0.39, 0.29) is 29.9 Å². The molecular formula is C18H31IN6O. The van der Waals surface area contributed by atoms with Gasteiger partial charge in [0.05, 0.1) is 6.54 Å². The number of halogens is 1. The summed E-state index contributed by atoms with van der Waals surface area (Å²) in [7, 11) is 3.97. The number of amides is 1. The predicted octanol–water partition coefficient (Wildman–Crippen LogP) is 1.83. The van der Waals surface area contributed by atoms with Crippen LogP contribution in [0, 0.1) is 0 Å². The molecular weight excluding hydrogens is 443 g/mol. The predicted molar refractivity (Wildman–Crippen MR) is 117 cm³/mol. The van der Waals surface area contributed by atoms with Gasteiger partial charge >= 0.3 is 0 Å². The first-order chi connectivity index (χ1) is 12.1. The van der Waals surface area contributed by atoms with Crippen molar-refractivity contribution < 1.29 is 4.79 Å². The van der Waals surface area contributed by atoms with Gasteiger partial charge in [-0.25, -0.2) is 9.98 Å². The highest BCUT2D eigenvalue weighted by Crippen LogP contribution is 2.15. The van der Waals surface area contributed by atoms with Crippen molar-refractivity contribution in [3.05, 3.63) is 23.9 Å². The van der Waals surface area contributed by atoms with Crippen molar-refractivity contribution in [3.8, 4) is 0 Å². The Hall–Kier alpha value is -1.58. The summed E-state index contributed by atoms with van der Waals surface area (Å²) in [5.41, 5.74) is 1.09. The van der Waals surface area contributed by atoms with Gasteiger partial charge in [-0.15, -0.1) is 24.0 Å². The molecule has 1 saturated heterocycles. The number of aliphatic imine (C=N–C) groups is 1. The number of nitrogens with one attached hydrogen (secondary N) is 2. The minimum absolute atomic E-state index is 0. The van der Waals surface area contributed by atoms with E-state index in [1.807, 2.05) is 36.0 Å². The fourth-order valence-corrected chi connectivity index (χ4v) is 2.88. The van der Waals surface area contributed by atoms with E-state index in [2.05, 4.69) is 27.5 Å². The maximum Gasteiger partial charge on any atom is 0.222 e. The van der Waals surface area contributed by atoms with Crippen LogP contribution in [-0.2, 0) is 11.3 Å².